The van der Waals surface area contributed by atoms with Gasteiger partial charge in [0.25, 0.3) is 0 Å². The van der Waals surface area contributed by atoms with Crippen LogP contribution in [0.25, 0.3) is 0 Å². The van der Waals surface area contributed by atoms with Crippen LogP contribution < -0.4 is 10.1 Å². The molecule has 1 aromatic carbocycles. The zero-order chi connectivity index (χ0) is 9.80. The van der Waals surface area contributed by atoms with E-state index >= 15 is 0 Å². The fraction of sp³-hybridized carbons (Fsp3) is 0.455. The number of ether oxygens (including phenoxy) is 2. The van der Waals surface area contributed by atoms with E-state index in [-0.39, 0.29) is 0 Å². The molecule has 2 rings (SSSR count). The van der Waals surface area contributed by atoms with Gasteiger partial charge in [-0.25, -0.2) is 0 Å². The smallest absolute Gasteiger partial charge is 0.118 e. The maximum atomic E-state index is 5.09. The van der Waals surface area contributed by atoms with Crippen molar-refractivity contribution in [2.75, 3.05) is 20.3 Å². The molecule has 1 aliphatic rings. The first-order chi connectivity index (χ1) is 6.88. The number of rotatable bonds is 4. The molecular weight excluding hydrogens is 178 g/mol. The van der Waals surface area contributed by atoms with Crippen LogP contribution in [-0.4, -0.2) is 26.4 Å². The summed E-state index contributed by atoms with van der Waals surface area (Å²) in [4.78, 5) is 0. The Morgan fingerprint density at radius 2 is 2.07 bits per heavy atom. The third-order valence-corrected chi connectivity index (χ3v) is 2.39. The van der Waals surface area contributed by atoms with Gasteiger partial charge in [-0.2, -0.15) is 0 Å². The van der Waals surface area contributed by atoms with Crippen LogP contribution in [0.2, 0.25) is 0 Å². The minimum Gasteiger partial charge on any atom is -0.497 e. The zero-order valence-corrected chi connectivity index (χ0v) is 8.32. The first kappa shape index (κ1) is 9.49. The Bertz CT molecular complexity index is 280. The van der Waals surface area contributed by atoms with E-state index < -0.39 is 0 Å². The Kier molecular flexibility index (Phi) is 3.01. The standard InChI is InChI=1S/C11H15NO2/c1-13-11-4-2-9(3-5-11)6-12-10-7-14-8-10/h2-5,10,12H,6-8H2,1H3. The molecule has 14 heavy (non-hydrogen) atoms. The molecule has 0 bridgehead atoms. The van der Waals surface area contributed by atoms with E-state index in [1.807, 2.05) is 12.1 Å². The van der Waals surface area contributed by atoms with Crippen LogP contribution in [-0.2, 0) is 11.3 Å². The second kappa shape index (κ2) is 4.44. The van der Waals surface area contributed by atoms with E-state index in [9.17, 15) is 0 Å². The van der Waals surface area contributed by atoms with E-state index in [1.165, 1.54) is 5.56 Å². The Hall–Kier alpha value is -1.06. The van der Waals surface area contributed by atoms with Crippen molar-refractivity contribution in [3.05, 3.63) is 29.8 Å². The van der Waals surface area contributed by atoms with Crippen LogP contribution in [0.4, 0.5) is 0 Å². The number of benzene rings is 1. The molecule has 1 aromatic rings. The average Bonchev–Trinajstić information content (AvgIpc) is 2.16. The Balaban J connectivity index is 1.83. The monoisotopic (exact) mass is 193 g/mol. The Morgan fingerprint density at radius 3 is 2.57 bits per heavy atom. The van der Waals surface area contributed by atoms with Gasteiger partial charge < -0.3 is 14.8 Å². The van der Waals surface area contributed by atoms with Crippen molar-refractivity contribution in [1.29, 1.82) is 0 Å². The molecule has 1 fully saturated rings. The van der Waals surface area contributed by atoms with Crippen molar-refractivity contribution >= 4 is 0 Å². The van der Waals surface area contributed by atoms with Crippen LogP contribution in [0.3, 0.4) is 0 Å². The van der Waals surface area contributed by atoms with Gasteiger partial charge in [-0.15, -0.1) is 0 Å². The molecule has 0 radical (unpaired) electrons. The van der Waals surface area contributed by atoms with Crippen LogP contribution in [0.5, 0.6) is 5.75 Å². The fourth-order valence-corrected chi connectivity index (χ4v) is 1.36. The normalized spacial score (nSPS) is 16.4. The molecule has 1 heterocycles. The molecule has 0 amide bonds. The van der Waals surface area contributed by atoms with Crippen molar-refractivity contribution in [3.8, 4) is 5.75 Å². The molecule has 0 unspecified atom stereocenters. The number of methoxy groups -OCH3 is 1. The van der Waals surface area contributed by atoms with Crippen LogP contribution in [0, 0.1) is 0 Å². The topological polar surface area (TPSA) is 30.5 Å². The van der Waals surface area contributed by atoms with Crippen molar-refractivity contribution in [3.63, 3.8) is 0 Å². The predicted molar refractivity (Wildman–Crippen MR) is 54.4 cm³/mol. The summed E-state index contributed by atoms with van der Waals surface area (Å²) < 4.78 is 10.2. The minimum atomic E-state index is 0.539. The highest BCUT2D eigenvalue weighted by molar-refractivity contribution is 5.27. The molecule has 0 saturated carbocycles. The molecule has 0 atom stereocenters. The maximum absolute atomic E-state index is 5.09. The number of hydrogen-bond donors (Lipinski definition) is 1. The second-order valence-corrected chi connectivity index (χ2v) is 3.46. The van der Waals surface area contributed by atoms with Crippen molar-refractivity contribution in [2.45, 2.75) is 12.6 Å². The molecule has 1 N–H and O–H groups in total. The number of nitrogens with one attached hydrogen (secondary N) is 1. The third kappa shape index (κ3) is 2.25. The van der Waals surface area contributed by atoms with Crippen molar-refractivity contribution < 1.29 is 9.47 Å². The lowest BCUT2D eigenvalue weighted by molar-refractivity contribution is -0.00578. The lowest BCUT2D eigenvalue weighted by Gasteiger charge is -2.27. The molecule has 76 valence electrons. The molecule has 0 aromatic heterocycles. The van der Waals surface area contributed by atoms with E-state index in [0.29, 0.717) is 6.04 Å². The maximum Gasteiger partial charge on any atom is 0.118 e. The second-order valence-electron chi connectivity index (χ2n) is 3.46. The molecular formula is C11H15NO2. The summed E-state index contributed by atoms with van der Waals surface area (Å²) in [6.07, 6.45) is 0. The molecule has 0 aliphatic carbocycles. The van der Waals surface area contributed by atoms with Crippen molar-refractivity contribution in [1.82, 2.24) is 5.32 Å². The van der Waals surface area contributed by atoms with E-state index in [0.717, 1.165) is 25.5 Å². The van der Waals surface area contributed by atoms with Gasteiger partial charge in [-0.3, -0.25) is 0 Å². The van der Waals surface area contributed by atoms with E-state index in [2.05, 4.69) is 17.4 Å². The first-order valence-electron chi connectivity index (χ1n) is 4.82. The molecule has 1 saturated heterocycles. The molecule has 0 spiro atoms. The Morgan fingerprint density at radius 1 is 1.36 bits per heavy atom. The molecule has 3 nitrogen and oxygen atoms in total. The van der Waals surface area contributed by atoms with Gasteiger partial charge in [0.1, 0.15) is 5.75 Å². The first-order valence-corrected chi connectivity index (χ1v) is 4.82. The van der Waals surface area contributed by atoms with Gasteiger partial charge in [0.2, 0.25) is 0 Å². The van der Waals surface area contributed by atoms with Crippen LogP contribution >= 0.6 is 0 Å². The molecule has 1 aliphatic heterocycles. The fourth-order valence-electron chi connectivity index (χ4n) is 1.36. The van der Waals surface area contributed by atoms with Gasteiger partial charge >= 0.3 is 0 Å². The molecule has 3 heteroatoms. The minimum absolute atomic E-state index is 0.539. The summed E-state index contributed by atoms with van der Waals surface area (Å²) in [5.41, 5.74) is 1.28. The van der Waals surface area contributed by atoms with E-state index in [1.54, 1.807) is 7.11 Å². The van der Waals surface area contributed by atoms with Gasteiger partial charge in [-0.1, -0.05) is 12.1 Å². The third-order valence-electron chi connectivity index (χ3n) is 2.39. The predicted octanol–water partition coefficient (Wildman–Crippen LogP) is 1.18. The highest BCUT2D eigenvalue weighted by Gasteiger charge is 2.16. The van der Waals surface area contributed by atoms with Gasteiger partial charge in [0.15, 0.2) is 0 Å². The lowest BCUT2D eigenvalue weighted by Crippen LogP contribution is -2.45. The quantitative estimate of drug-likeness (QED) is 0.779. The lowest BCUT2D eigenvalue weighted by atomic mass is 10.2. The number of hydrogen-bond acceptors (Lipinski definition) is 3. The van der Waals surface area contributed by atoms with Gasteiger partial charge in [-0.05, 0) is 17.7 Å². The highest BCUT2D eigenvalue weighted by Crippen LogP contribution is 2.11. The van der Waals surface area contributed by atoms with Gasteiger partial charge in [0, 0.05) is 6.54 Å². The highest BCUT2D eigenvalue weighted by atomic mass is 16.5. The van der Waals surface area contributed by atoms with Crippen molar-refractivity contribution in [2.24, 2.45) is 0 Å². The summed E-state index contributed by atoms with van der Waals surface area (Å²) in [5.74, 6) is 0.903. The summed E-state index contributed by atoms with van der Waals surface area (Å²) in [6, 6.07) is 8.65. The largest absolute Gasteiger partial charge is 0.497 e. The van der Waals surface area contributed by atoms with Crippen LogP contribution in [0.1, 0.15) is 5.56 Å². The van der Waals surface area contributed by atoms with E-state index in [4.69, 9.17) is 9.47 Å². The van der Waals surface area contributed by atoms with Gasteiger partial charge in [0.05, 0.1) is 26.4 Å². The van der Waals surface area contributed by atoms with Crippen LogP contribution in [0.15, 0.2) is 24.3 Å². The average molecular weight is 193 g/mol. The summed E-state index contributed by atoms with van der Waals surface area (Å²) in [5, 5.41) is 3.41. The zero-order valence-electron chi connectivity index (χ0n) is 8.32. The SMILES string of the molecule is COc1ccc(CNC2COC2)cc1. The summed E-state index contributed by atoms with van der Waals surface area (Å²) in [7, 11) is 1.68. The summed E-state index contributed by atoms with van der Waals surface area (Å²) in [6.45, 7) is 2.59. The summed E-state index contributed by atoms with van der Waals surface area (Å²) >= 11 is 0. The Labute approximate surface area is 84.0 Å².